The van der Waals surface area contributed by atoms with Gasteiger partial charge in [-0.15, -0.1) is 22.7 Å². The molecule has 24 heavy (non-hydrogen) atoms. The molecular formula is C16H11ClFNO3S2. The third kappa shape index (κ3) is 3.75. The fraction of sp³-hybridized carbons (Fsp3) is 0.125. The van der Waals surface area contributed by atoms with Crippen molar-refractivity contribution in [1.29, 1.82) is 0 Å². The minimum Gasteiger partial charge on any atom is -0.451 e. The first-order valence-electron chi connectivity index (χ1n) is 6.88. The van der Waals surface area contributed by atoms with Gasteiger partial charge in [-0.05, 0) is 29.6 Å². The van der Waals surface area contributed by atoms with Crippen LogP contribution in [0.4, 0.5) is 4.39 Å². The molecule has 0 radical (unpaired) electrons. The summed E-state index contributed by atoms with van der Waals surface area (Å²) in [6, 6.07) is 7.87. The van der Waals surface area contributed by atoms with Crippen molar-refractivity contribution >= 4 is 56.2 Å². The summed E-state index contributed by atoms with van der Waals surface area (Å²) >= 11 is 8.69. The van der Waals surface area contributed by atoms with E-state index in [9.17, 15) is 14.0 Å². The zero-order valence-corrected chi connectivity index (χ0v) is 14.6. The average molecular weight is 384 g/mol. The Hall–Kier alpha value is -1.96. The monoisotopic (exact) mass is 383 g/mol. The largest absolute Gasteiger partial charge is 0.451 e. The number of hydrogen-bond acceptors (Lipinski definition) is 5. The minimum absolute atomic E-state index is 0.156. The van der Waals surface area contributed by atoms with Crippen LogP contribution < -0.4 is 5.32 Å². The van der Waals surface area contributed by atoms with E-state index in [1.165, 1.54) is 29.5 Å². The molecule has 0 saturated carbocycles. The van der Waals surface area contributed by atoms with E-state index in [4.69, 9.17) is 16.3 Å². The maximum Gasteiger partial charge on any atom is 0.350 e. The Bertz CT molecular complexity index is 892. The molecule has 0 bridgehead atoms. The summed E-state index contributed by atoms with van der Waals surface area (Å²) in [6.07, 6.45) is 0. The molecule has 2 aromatic heterocycles. The second-order valence-corrected chi connectivity index (χ2v) is 7.28. The van der Waals surface area contributed by atoms with E-state index in [0.717, 1.165) is 16.2 Å². The first kappa shape index (κ1) is 16.9. The number of nitrogens with one attached hydrogen (secondary N) is 1. The van der Waals surface area contributed by atoms with Gasteiger partial charge in [0.1, 0.15) is 10.7 Å². The highest BCUT2D eigenvalue weighted by Gasteiger charge is 2.19. The van der Waals surface area contributed by atoms with Crippen LogP contribution in [0, 0.1) is 5.82 Å². The first-order chi connectivity index (χ1) is 11.5. The van der Waals surface area contributed by atoms with E-state index in [0.29, 0.717) is 16.6 Å². The Kier molecular flexibility index (Phi) is 5.13. The predicted octanol–water partition coefficient (Wildman–Crippen LogP) is 4.23. The molecule has 3 rings (SSSR count). The van der Waals surface area contributed by atoms with Crippen LogP contribution >= 0.6 is 34.3 Å². The fourth-order valence-electron chi connectivity index (χ4n) is 2.02. The van der Waals surface area contributed by atoms with Gasteiger partial charge in [0, 0.05) is 15.0 Å². The molecular weight excluding hydrogens is 373 g/mol. The lowest BCUT2D eigenvalue weighted by Crippen LogP contribution is -2.28. The van der Waals surface area contributed by atoms with Crippen LogP contribution in [0.15, 0.2) is 35.7 Å². The molecule has 0 fully saturated rings. The number of halogens is 2. The second kappa shape index (κ2) is 7.29. The Labute approximate surface area is 149 Å². The highest BCUT2D eigenvalue weighted by molar-refractivity contribution is 7.21. The van der Waals surface area contributed by atoms with Crippen LogP contribution in [-0.2, 0) is 16.1 Å². The van der Waals surface area contributed by atoms with Crippen molar-refractivity contribution in [2.45, 2.75) is 6.54 Å². The Morgan fingerprint density at radius 2 is 2.12 bits per heavy atom. The molecule has 0 aliphatic carbocycles. The number of rotatable bonds is 5. The van der Waals surface area contributed by atoms with Crippen molar-refractivity contribution in [3.63, 3.8) is 0 Å². The van der Waals surface area contributed by atoms with Gasteiger partial charge < -0.3 is 10.1 Å². The van der Waals surface area contributed by atoms with Gasteiger partial charge >= 0.3 is 5.97 Å². The van der Waals surface area contributed by atoms with Crippen molar-refractivity contribution < 1.29 is 18.7 Å². The third-order valence-electron chi connectivity index (χ3n) is 3.15. The summed E-state index contributed by atoms with van der Waals surface area (Å²) in [5.41, 5.74) is 0. The number of carbonyl (C=O) groups excluding carboxylic acids is 2. The molecule has 1 aromatic carbocycles. The summed E-state index contributed by atoms with van der Waals surface area (Å²) in [4.78, 5) is 25.0. The number of ether oxygens (including phenoxy) is 1. The smallest absolute Gasteiger partial charge is 0.350 e. The Morgan fingerprint density at radius 3 is 2.88 bits per heavy atom. The quantitative estimate of drug-likeness (QED) is 0.671. The lowest BCUT2D eigenvalue weighted by Gasteiger charge is -2.05. The van der Waals surface area contributed by atoms with Crippen LogP contribution in [-0.4, -0.2) is 18.5 Å². The van der Waals surface area contributed by atoms with Gasteiger partial charge in [-0.1, -0.05) is 17.7 Å². The lowest BCUT2D eigenvalue weighted by atomic mass is 10.2. The highest BCUT2D eigenvalue weighted by atomic mass is 35.5. The molecule has 1 amide bonds. The molecule has 0 unspecified atom stereocenters. The summed E-state index contributed by atoms with van der Waals surface area (Å²) in [6.45, 7) is -0.0138. The predicted molar refractivity (Wildman–Crippen MR) is 93.2 cm³/mol. The number of amides is 1. The van der Waals surface area contributed by atoms with Crippen LogP contribution in [0.3, 0.4) is 0 Å². The second-order valence-electron chi connectivity index (χ2n) is 4.82. The number of benzene rings is 1. The van der Waals surface area contributed by atoms with Gasteiger partial charge in [0.2, 0.25) is 0 Å². The zero-order valence-electron chi connectivity index (χ0n) is 12.2. The molecule has 0 aliphatic rings. The molecule has 4 nitrogen and oxygen atoms in total. The topological polar surface area (TPSA) is 55.4 Å². The van der Waals surface area contributed by atoms with E-state index in [2.05, 4.69) is 5.32 Å². The van der Waals surface area contributed by atoms with E-state index < -0.39 is 24.3 Å². The van der Waals surface area contributed by atoms with Gasteiger partial charge in [-0.3, -0.25) is 4.79 Å². The lowest BCUT2D eigenvalue weighted by molar-refractivity contribution is -0.124. The van der Waals surface area contributed by atoms with Crippen LogP contribution in [0.1, 0.15) is 14.5 Å². The molecule has 8 heteroatoms. The Balaban J connectivity index is 1.60. The SMILES string of the molecule is O=C(COC(=O)c1sc2cc(F)ccc2c1Cl)NCc1cccs1. The molecule has 0 atom stereocenters. The molecule has 124 valence electrons. The van der Waals surface area contributed by atoms with Crippen molar-refractivity contribution in [1.82, 2.24) is 5.32 Å². The van der Waals surface area contributed by atoms with Crippen molar-refractivity contribution in [2.75, 3.05) is 6.61 Å². The zero-order chi connectivity index (χ0) is 17.1. The molecule has 0 aliphatic heterocycles. The van der Waals surface area contributed by atoms with E-state index >= 15 is 0 Å². The molecule has 0 saturated heterocycles. The van der Waals surface area contributed by atoms with Crippen molar-refractivity contribution in [3.05, 3.63) is 56.3 Å². The average Bonchev–Trinajstić information content (AvgIpc) is 3.18. The van der Waals surface area contributed by atoms with Crippen molar-refractivity contribution in [3.8, 4) is 0 Å². The third-order valence-corrected chi connectivity index (χ3v) is 5.66. The fourth-order valence-corrected chi connectivity index (χ4v) is 4.09. The van der Waals surface area contributed by atoms with Crippen LogP contribution in [0.25, 0.3) is 10.1 Å². The molecule has 0 spiro atoms. The molecule has 1 N–H and O–H groups in total. The normalized spacial score (nSPS) is 10.8. The first-order valence-corrected chi connectivity index (χ1v) is 8.96. The number of carbonyl (C=O) groups is 2. The maximum atomic E-state index is 13.2. The van der Waals surface area contributed by atoms with E-state index in [1.54, 1.807) is 0 Å². The van der Waals surface area contributed by atoms with Crippen LogP contribution in [0.2, 0.25) is 5.02 Å². The van der Waals surface area contributed by atoms with Gasteiger partial charge in [-0.2, -0.15) is 0 Å². The summed E-state index contributed by atoms with van der Waals surface area (Å²) in [5, 5.41) is 5.35. The van der Waals surface area contributed by atoms with Gasteiger partial charge in [0.25, 0.3) is 5.91 Å². The van der Waals surface area contributed by atoms with E-state index in [1.807, 2.05) is 17.5 Å². The summed E-state index contributed by atoms with van der Waals surface area (Å²) < 4.78 is 18.8. The number of hydrogen-bond donors (Lipinski definition) is 1. The van der Waals surface area contributed by atoms with Gasteiger partial charge in [-0.25, -0.2) is 9.18 Å². The van der Waals surface area contributed by atoms with E-state index in [-0.39, 0.29) is 9.90 Å². The number of fused-ring (bicyclic) bond motifs is 1. The number of esters is 1. The summed E-state index contributed by atoms with van der Waals surface area (Å²) in [5.74, 6) is -1.51. The highest BCUT2D eigenvalue weighted by Crippen LogP contribution is 2.36. The van der Waals surface area contributed by atoms with Crippen LogP contribution in [0.5, 0.6) is 0 Å². The Morgan fingerprint density at radius 1 is 1.29 bits per heavy atom. The van der Waals surface area contributed by atoms with Crippen molar-refractivity contribution in [2.24, 2.45) is 0 Å². The maximum absolute atomic E-state index is 13.2. The molecule has 3 aromatic rings. The number of thiophene rings is 2. The molecule has 2 heterocycles. The minimum atomic E-state index is -0.701. The standard InChI is InChI=1S/C16H11ClFNO3S2/c17-14-11-4-3-9(18)6-12(11)24-15(14)16(21)22-8-13(20)19-7-10-2-1-5-23-10/h1-6H,7-8H2,(H,19,20). The van der Waals surface area contributed by atoms with Gasteiger partial charge in [0.05, 0.1) is 11.6 Å². The summed E-state index contributed by atoms with van der Waals surface area (Å²) in [7, 11) is 0. The van der Waals surface area contributed by atoms with Gasteiger partial charge in [0.15, 0.2) is 6.61 Å².